The van der Waals surface area contributed by atoms with Gasteiger partial charge in [0.05, 0.1) is 11.8 Å². The lowest BCUT2D eigenvalue weighted by molar-refractivity contribution is -0.139. The summed E-state index contributed by atoms with van der Waals surface area (Å²) in [6.45, 7) is 4.03. The van der Waals surface area contributed by atoms with Crippen molar-refractivity contribution in [3.63, 3.8) is 0 Å². The van der Waals surface area contributed by atoms with Gasteiger partial charge in [0.1, 0.15) is 18.1 Å². The molecule has 4 unspecified atom stereocenters. The number of rotatable bonds is 5. The Hall–Kier alpha value is -4.26. The summed E-state index contributed by atoms with van der Waals surface area (Å²) < 4.78 is 5.89. The number of benzene rings is 2. The molecule has 1 N–H and O–H groups in total. The fraction of sp³-hybridized carbons (Fsp3) is 0.312. The third-order valence-electron chi connectivity index (χ3n) is 8.53. The lowest BCUT2D eigenvalue weighted by atomic mass is 9.59. The van der Waals surface area contributed by atoms with E-state index < -0.39 is 23.7 Å². The van der Waals surface area contributed by atoms with E-state index in [0.29, 0.717) is 47.6 Å². The fourth-order valence-corrected chi connectivity index (χ4v) is 6.69. The van der Waals surface area contributed by atoms with Gasteiger partial charge in [0.15, 0.2) is 11.6 Å². The molecule has 198 valence electrons. The Morgan fingerprint density at radius 3 is 2.49 bits per heavy atom. The van der Waals surface area contributed by atoms with E-state index in [4.69, 9.17) is 4.74 Å². The number of likely N-dealkylation sites (tertiary alicyclic amines) is 1. The Morgan fingerprint density at radius 1 is 1.00 bits per heavy atom. The number of allylic oxidation sites excluding steroid dienone is 6. The van der Waals surface area contributed by atoms with Crippen LogP contribution in [-0.4, -0.2) is 39.9 Å². The highest BCUT2D eigenvalue weighted by molar-refractivity contribution is 6.24. The normalized spacial score (nSPS) is 26.2. The molecule has 2 aromatic rings. The largest absolute Gasteiger partial charge is 0.507 e. The molecule has 1 heterocycles. The number of Topliss-reactive ketones (excluding diaryl/α,β-unsaturated/α-hetero) is 1. The van der Waals surface area contributed by atoms with Gasteiger partial charge < -0.3 is 9.84 Å². The topological polar surface area (TPSA) is 101 Å². The number of aromatic hydroxyl groups is 1. The van der Waals surface area contributed by atoms with E-state index in [2.05, 4.69) is 0 Å². The molecule has 0 aromatic heterocycles. The van der Waals surface area contributed by atoms with E-state index in [-0.39, 0.29) is 35.6 Å². The van der Waals surface area contributed by atoms with Crippen LogP contribution in [0.5, 0.6) is 11.5 Å². The van der Waals surface area contributed by atoms with Crippen molar-refractivity contribution in [1.29, 1.82) is 0 Å². The smallest absolute Gasteiger partial charge is 0.233 e. The number of ketones is 2. The number of phenolic OH excluding ortho intramolecular Hbond substituents is 1. The third kappa shape index (κ3) is 3.95. The molecule has 4 aliphatic rings. The average Bonchev–Trinajstić information content (AvgIpc) is 3.19. The molecule has 1 fully saturated rings. The van der Waals surface area contributed by atoms with Crippen molar-refractivity contribution in [3.05, 3.63) is 94.1 Å². The molecule has 39 heavy (non-hydrogen) atoms. The monoisotopic (exact) mass is 523 g/mol. The molecular weight excluding hydrogens is 494 g/mol. The predicted molar refractivity (Wildman–Crippen MR) is 143 cm³/mol. The predicted octanol–water partition coefficient (Wildman–Crippen LogP) is 4.42. The molecule has 0 bridgehead atoms. The Bertz CT molecular complexity index is 1510. The van der Waals surface area contributed by atoms with E-state index in [9.17, 15) is 24.3 Å². The first-order valence-electron chi connectivity index (χ1n) is 13.3. The van der Waals surface area contributed by atoms with Crippen LogP contribution in [0.3, 0.4) is 0 Å². The van der Waals surface area contributed by atoms with Gasteiger partial charge in [-0.15, -0.1) is 0 Å². The van der Waals surface area contributed by atoms with Crippen LogP contribution in [0, 0.1) is 17.8 Å². The number of carbonyl (C=O) groups excluding carboxylic acids is 4. The number of nitrogens with zero attached hydrogens (tertiary/aromatic N) is 1. The van der Waals surface area contributed by atoms with Crippen LogP contribution >= 0.6 is 0 Å². The van der Waals surface area contributed by atoms with Gasteiger partial charge in [-0.25, -0.2) is 0 Å². The van der Waals surface area contributed by atoms with Crippen LogP contribution in [0.4, 0.5) is 0 Å². The third-order valence-corrected chi connectivity index (χ3v) is 8.53. The van der Waals surface area contributed by atoms with Gasteiger partial charge in [-0.2, -0.15) is 0 Å². The molecule has 3 aliphatic carbocycles. The van der Waals surface area contributed by atoms with Crippen LogP contribution in [0.25, 0.3) is 0 Å². The number of phenols is 1. The van der Waals surface area contributed by atoms with Gasteiger partial charge >= 0.3 is 0 Å². The van der Waals surface area contributed by atoms with E-state index in [1.54, 1.807) is 26.0 Å². The molecular formula is C32H29NO6. The lowest BCUT2D eigenvalue weighted by Crippen LogP contribution is -2.39. The number of hydrogen-bond acceptors (Lipinski definition) is 6. The summed E-state index contributed by atoms with van der Waals surface area (Å²) in [5.41, 5.74) is 3.36. The van der Waals surface area contributed by atoms with Crippen molar-refractivity contribution in [2.45, 2.75) is 39.2 Å². The number of fused-ring (bicyclic) bond motifs is 3. The first-order chi connectivity index (χ1) is 18.8. The number of hydrogen-bond donors (Lipinski definition) is 1. The minimum Gasteiger partial charge on any atom is -0.507 e. The molecule has 1 aliphatic heterocycles. The number of amides is 2. The van der Waals surface area contributed by atoms with Gasteiger partial charge in [-0.05, 0) is 50.3 Å². The quantitative estimate of drug-likeness (QED) is 0.354. The maximum absolute atomic E-state index is 13.5. The fourth-order valence-electron chi connectivity index (χ4n) is 6.69. The van der Waals surface area contributed by atoms with Crippen LogP contribution in [-0.2, 0) is 25.8 Å². The standard InChI is InChI=1S/C32H29NO6/c1-3-33-31(37)22-12-11-20-23(28(22)32(33)38)15-24-25(34)13-17(2)30(36)29(24)27(20)21-10-9-19(14-26(21)35)39-16-18-7-5-4-6-8-18/h4-11,13-14,22-23,27-28,35H,3,12,15-16H2,1-2H3. The second-order valence-electron chi connectivity index (χ2n) is 10.6. The van der Waals surface area contributed by atoms with E-state index >= 15 is 0 Å². The van der Waals surface area contributed by atoms with E-state index in [1.165, 1.54) is 17.0 Å². The molecule has 7 nitrogen and oxygen atoms in total. The van der Waals surface area contributed by atoms with Gasteiger partial charge in [0.25, 0.3) is 0 Å². The molecule has 0 spiro atoms. The molecule has 2 aromatic carbocycles. The van der Waals surface area contributed by atoms with Crippen LogP contribution in [0.15, 0.2) is 83.0 Å². The Kier molecular flexibility index (Phi) is 6.09. The zero-order chi connectivity index (χ0) is 27.4. The Balaban J connectivity index is 1.42. The van der Waals surface area contributed by atoms with Crippen molar-refractivity contribution in [1.82, 2.24) is 4.90 Å². The highest BCUT2D eigenvalue weighted by atomic mass is 16.5. The van der Waals surface area contributed by atoms with Crippen molar-refractivity contribution < 1.29 is 29.0 Å². The van der Waals surface area contributed by atoms with Crippen molar-refractivity contribution in [2.24, 2.45) is 17.8 Å². The molecule has 2 amide bonds. The van der Waals surface area contributed by atoms with Crippen molar-refractivity contribution in [2.75, 3.05) is 6.54 Å². The zero-order valence-electron chi connectivity index (χ0n) is 21.8. The summed E-state index contributed by atoms with van der Waals surface area (Å²) in [7, 11) is 0. The van der Waals surface area contributed by atoms with Crippen LogP contribution in [0.2, 0.25) is 0 Å². The highest BCUT2D eigenvalue weighted by Crippen LogP contribution is 2.56. The minimum atomic E-state index is -0.693. The lowest BCUT2D eigenvalue weighted by Gasteiger charge is -2.42. The Labute approximate surface area is 226 Å². The van der Waals surface area contributed by atoms with E-state index in [0.717, 1.165) is 11.1 Å². The molecule has 6 rings (SSSR count). The molecule has 0 radical (unpaired) electrons. The summed E-state index contributed by atoms with van der Waals surface area (Å²) in [6, 6.07) is 14.7. The average molecular weight is 524 g/mol. The molecule has 7 heteroatoms. The van der Waals surface area contributed by atoms with Gasteiger partial charge in [0, 0.05) is 40.8 Å². The zero-order valence-corrected chi connectivity index (χ0v) is 21.8. The summed E-state index contributed by atoms with van der Waals surface area (Å²) >= 11 is 0. The summed E-state index contributed by atoms with van der Waals surface area (Å²) in [6.07, 6.45) is 3.92. The second-order valence-corrected chi connectivity index (χ2v) is 10.6. The van der Waals surface area contributed by atoms with Gasteiger partial charge in [0.2, 0.25) is 11.8 Å². The maximum atomic E-state index is 13.5. The number of imide groups is 1. The number of carbonyl (C=O) groups is 4. The molecule has 0 saturated carbocycles. The van der Waals surface area contributed by atoms with Crippen LogP contribution in [0.1, 0.15) is 43.7 Å². The summed E-state index contributed by atoms with van der Waals surface area (Å²) in [4.78, 5) is 54.4. The SMILES string of the molecule is CCN1C(=O)C2CC=C3C(c4ccc(OCc5ccccc5)cc4O)C4=C(CC3C2C1=O)C(=O)C=C(C)C4=O. The van der Waals surface area contributed by atoms with Crippen molar-refractivity contribution in [3.8, 4) is 11.5 Å². The van der Waals surface area contributed by atoms with Crippen molar-refractivity contribution >= 4 is 23.4 Å². The maximum Gasteiger partial charge on any atom is 0.233 e. The van der Waals surface area contributed by atoms with Gasteiger partial charge in [-0.1, -0.05) is 48.0 Å². The highest BCUT2D eigenvalue weighted by Gasteiger charge is 2.56. The number of ether oxygens (including phenoxy) is 1. The second kappa shape index (κ2) is 9.49. The summed E-state index contributed by atoms with van der Waals surface area (Å²) in [5, 5.41) is 11.2. The Morgan fingerprint density at radius 2 is 1.77 bits per heavy atom. The first-order valence-corrected chi connectivity index (χ1v) is 13.3. The van der Waals surface area contributed by atoms with E-state index in [1.807, 2.05) is 36.4 Å². The first kappa shape index (κ1) is 25.0. The molecule has 1 saturated heterocycles. The minimum absolute atomic E-state index is 0.0578. The molecule has 4 atom stereocenters. The van der Waals surface area contributed by atoms with Gasteiger partial charge in [-0.3, -0.25) is 24.1 Å². The van der Waals surface area contributed by atoms with Crippen LogP contribution < -0.4 is 4.74 Å². The summed E-state index contributed by atoms with van der Waals surface area (Å²) in [5.74, 6) is -2.62.